The number of rotatable bonds is 3. The molecule has 3 aromatic rings. The maximum atomic E-state index is 13.6. The van der Waals surface area contributed by atoms with E-state index in [1.54, 1.807) is 30.5 Å². The molecule has 0 bridgehead atoms. The Morgan fingerprint density at radius 1 is 1.00 bits per heavy atom. The number of phenolic OH excluding ortho intramolecular Hbond substituents is 1. The van der Waals surface area contributed by atoms with Crippen molar-refractivity contribution in [2.45, 2.75) is 13.3 Å². The van der Waals surface area contributed by atoms with Gasteiger partial charge in [0.15, 0.2) is 11.6 Å². The lowest BCUT2D eigenvalue weighted by Crippen LogP contribution is -2.01. The highest BCUT2D eigenvalue weighted by atomic mass is 19.2. The molecule has 0 fully saturated rings. The Morgan fingerprint density at radius 3 is 2.29 bits per heavy atom. The summed E-state index contributed by atoms with van der Waals surface area (Å²) in [6.45, 7) is 1.96. The van der Waals surface area contributed by atoms with Crippen molar-refractivity contribution >= 4 is 5.82 Å². The zero-order valence-electron chi connectivity index (χ0n) is 13.1. The molecule has 0 saturated heterocycles. The number of anilines is 1. The lowest BCUT2D eigenvalue weighted by atomic mass is 9.92. The van der Waals surface area contributed by atoms with Crippen molar-refractivity contribution in [1.29, 1.82) is 0 Å². The van der Waals surface area contributed by atoms with E-state index in [9.17, 15) is 13.9 Å². The Labute approximate surface area is 138 Å². The Bertz CT molecular complexity index is 893. The molecule has 0 unspecified atom stereocenters. The smallest absolute Gasteiger partial charge is 0.159 e. The van der Waals surface area contributed by atoms with Crippen molar-refractivity contribution in [3.63, 3.8) is 0 Å². The molecule has 3 N–H and O–H groups in total. The minimum absolute atomic E-state index is 0.153. The molecular weight excluding hydrogens is 310 g/mol. The van der Waals surface area contributed by atoms with Crippen LogP contribution in [0, 0.1) is 11.6 Å². The average Bonchev–Trinajstić information content (AvgIpc) is 2.58. The highest BCUT2D eigenvalue weighted by molar-refractivity contribution is 5.84. The van der Waals surface area contributed by atoms with Crippen LogP contribution in [0.1, 0.15) is 12.5 Å². The second-order valence-corrected chi connectivity index (χ2v) is 5.44. The molecule has 0 radical (unpaired) electrons. The van der Waals surface area contributed by atoms with Crippen molar-refractivity contribution < 1.29 is 13.9 Å². The van der Waals surface area contributed by atoms with E-state index in [1.165, 1.54) is 6.07 Å². The number of nitrogens with two attached hydrogens (primary N) is 1. The molecule has 0 atom stereocenters. The van der Waals surface area contributed by atoms with Gasteiger partial charge in [-0.05, 0) is 47.4 Å². The topological polar surface area (TPSA) is 59.1 Å². The van der Waals surface area contributed by atoms with Crippen molar-refractivity contribution in [1.82, 2.24) is 4.98 Å². The summed E-state index contributed by atoms with van der Waals surface area (Å²) in [6, 6.07) is 10.4. The highest BCUT2D eigenvalue weighted by Crippen LogP contribution is 2.36. The van der Waals surface area contributed by atoms with Crippen LogP contribution in [0.4, 0.5) is 14.6 Å². The molecule has 0 spiro atoms. The summed E-state index contributed by atoms with van der Waals surface area (Å²) in [4.78, 5) is 4.21. The third-order valence-electron chi connectivity index (χ3n) is 3.96. The van der Waals surface area contributed by atoms with Crippen molar-refractivity contribution in [3.05, 3.63) is 65.9 Å². The van der Waals surface area contributed by atoms with E-state index < -0.39 is 11.6 Å². The van der Waals surface area contributed by atoms with E-state index in [0.29, 0.717) is 23.4 Å². The number of hydrogen-bond donors (Lipinski definition) is 2. The molecule has 2 aromatic carbocycles. The van der Waals surface area contributed by atoms with Crippen LogP contribution in [0.2, 0.25) is 0 Å². The van der Waals surface area contributed by atoms with E-state index in [2.05, 4.69) is 4.98 Å². The molecule has 122 valence electrons. The van der Waals surface area contributed by atoms with Gasteiger partial charge < -0.3 is 10.8 Å². The third-order valence-corrected chi connectivity index (χ3v) is 3.96. The molecule has 1 heterocycles. The van der Waals surface area contributed by atoms with E-state index in [0.717, 1.165) is 28.8 Å². The predicted molar refractivity (Wildman–Crippen MR) is 90.5 cm³/mol. The van der Waals surface area contributed by atoms with E-state index in [-0.39, 0.29) is 5.75 Å². The zero-order valence-corrected chi connectivity index (χ0v) is 13.1. The molecule has 5 heteroatoms. The second kappa shape index (κ2) is 6.28. The van der Waals surface area contributed by atoms with Crippen LogP contribution in [-0.4, -0.2) is 10.1 Å². The quantitative estimate of drug-likeness (QED) is 0.742. The first-order chi connectivity index (χ1) is 11.5. The molecule has 3 nitrogen and oxygen atoms in total. The fraction of sp³-hybridized carbons (Fsp3) is 0.105. The molecule has 3 rings (SSSR count). The number of hydrogen-bond acceptors (Lipinski definition) is 3. The average molecular weight is 326 g/mol. The van der Waals surface area contributed by atoms with Gasteiger partial charge in [0.1, 0.15) is 11.6 Å². The van der Waals surface area contributed by atoms with Crippen LogP contribution < -0.4 is 5.73 Å². The molecule has 24 heavy (non-hydrogen) atoms. The van der Waals surface area contributed by atoms with Crippen LogP contribution in [0.15, 0.2) is 48.7 Å². The van der Waals surface area contributed by atoms with Crippen LogP contribution in [0.25, 0.3) is 22.3 Å². The number of pyridine rings is 1. The Kier molecular flexibility index (Phi) is 4.16. The fourth-order valence-electron chi connectivity index (χ4n) is 2.80. The van der Waals surface area contributed by atoms with Crippen molar-refractivity contribution in [2.24, 2.45) is 0 Å². The monoisotopic (exact) mass is 326 g/mol. The maximum absolute atomic E-state index is 13.6. The lowest BCUT2D eigenvalue weighted by Gasteiger charge is -2.16. The lowest BCUT2D eigenvalue weighted by molar-refractivity contribution is 0.475. The number of benzene rings is 2. The fourth-order valence-corrected chi connectivity index (χ4v) is 2.80. The maximum Gasteiger partial charge on any atom is 0.159 e. The third kappa shape index (κ3) is 2.80. The first-order valence-corrected chi connectivity index (χ1v) is 7.53. The SMILES string of the molecule is CCc1c(-c2ccc(F)c(F)c2)cnc(N)c1-c1ccc(O)cc1. The van der Waals surface area contributed by atoms with Gasteiger partial charge in [-0.15, -0.1) is 0 Å². The number of halogens is 2. The zero-order chi connectivity index (χ0) is 17.3. The minimum Gasteiger partial charge on any atom is -0.508 e. The number of nitrogen functional groups attached to an aromatic ring is 1. The normalized spacial score (nSPS) is 10.8. The summed E-state index contributed by atoms with van der Waals surface area (Å²) in [7, 11) is 0. The highest BCUT2D eigenvalue weighted by Gasteiger charge is 2.16. The summed E-state index contributed by atoms with van der Waals surface area (Å²) >= 11 is 0. The Morgan fingerprint density at radius 2 is 1.67 bits per heavy atom. The second-order valence-electron chi connectivity index (χ2n) is 5.44. The van der Waals surface area contributed by atoms with Gasteiger partial charge in [0.05, 0.1) is 0 Å². The largest absolute Gasteiger partial charge is 0.508 e. The summed E-state index contributed by atoms with van der Waals surface area (Å²) in [5, 5.41) is 9.46. The van der Waals surface area contributed by atoms with Gasteiger partial charge in [-0.1, -0.05) is 25.1 Å². The molecule has 0 aliphatic heterocycles. The number of aromatic nitrogens is 1. The standard InChI is InChI=1S/C19H16F2N2O/c1-2-14-15(12-5-8-16(20)17(21)9-12)10-23-19(22)18(14)11-3-6-13(24)7-4-11/h3-10,24H,2H2,1H3,(H2,22,23). The molecule has 0 amide bonds. The van der Waals surface area contributed by atoms with E-state index in [4.69, 9.17) is 5.73 Å². The summed E-state index contributed by atoms with van der Waals surface area (Å²) < 4.78 is 26.8. The van der Waals surface area contributed by atoms with Gasteiger partial charge in [-0.2, -0.15) is 0 Å². The summed E-state index contributed by atoms with van der Waals surface area (Å²) in [5.41, 5.74) is 9.73. The molecular formula is C19H16F2N2O. The minimum atomic E-state index is -0.905. The van der Waals surface area contributed by atoms with Crippen LogP contribution in [-0.2, 0) is 6.42 Å². The van der Waals surface area contributed by atoms with Crippen LogP contribution >= 0.6 is 0 Å². The van der Waals surface area contributed by atoms with Gasteiger partial charge >= 0.3 is 0 Å². The molecule has 0 saturated carbocycles. The van der Waals surface area contributed by atoms with Crippen LogP contribution in [0.3, 0.4) is 0 Å². The van der Waals surface area contributed by atoms with Gasteiger partial charge in [-0.25, -0.2) is 13.8 Å². The molecule has 1 aromatic heterocycles. The van der Waals surface area contributed by atoms with Gasteiger partial charge in [-0.3, -0.25) is 0 Å². The number of phenols is 1. The van der Waals surface area contributed by atoms with Crippen molar-refractivity contribution in [2.75, 3.05) is 5.73 Å². The summed E-state index contributed by atoms with van der Waals surface area (Å²) in [6.07, 6.45) is 2.21. The summed E-state index contributed by atoms with van der Waals surface area (Å²) in [5.74, 6) is -1.29. The van der Waals surface area contributed by atoms with Gasteiger partial charge in [0.25, 0.3) is 0 Å². The van der Waals surface area contributed by atoms with Gasteiger partial charge in [0, 0.05) is 17.3 Å². The number of aromatic hydroxyl groups is 1. The molecule has 0 aliphatic carbocycles. The van der Waals surface area contributed by atoms with Gasteiger partial charge in [0.2, 0.25) is 0 Å². The van der Waals surface area contributed by atoms with E-state index >= 15 is 0 Å². The predicted octanol–water partition coefficient (Wildman–Crippen LogP) is 4.54. The first kappa shape index (κ1) is 15.9. The van der Waals surface area contributed by atoms with Crippen LogP contribution in [0.5, 0.6) is 5.75 Å². The number of nitrogens with zero attached hydrogens (tertiary/aromatic N) is 1. The van der Waals surface area contributed by atoms with Crippen molar-refractivity contribution in [3.8, 4) is 28.0 Å². The van der Waals surface area contributed by atoms with E-state index in [1.807, 2.05) is 6.92 Å². The Hall–Kier alpha value is -2.95. The first-order valence-electron chi connectivity index (χ1n) is 7.53. The Balaban J connectivity index is 2.23. The molecule has 0 aliphatic rings.